The maximum atomic E-state index is 5.91. The van der Waals surface area contributed by atoms with Crippen LogP contribution in [0.3, 0.4) is 0 Å². The number of hydrogen-bond donors (Lipinski definition) is 0. The number of rotatable bonds is 2. The molecule has 0 spiro atoms. The van der Waals surface area contributed by atoms with Crippen LogP contribution in [0.15, 0.2) is 24.3 Å². The van der Waals surface area contributed by atoms with E-state index in [9.17, 15) is 0 Å². The minimum atomic E-state index is 0.680. The molecule has 0 atom stereocenters. The van der Waals surface area contributed by atoms with E-state index in [4.69, 9.17) is 23.2 Å². The Morgan fingerprint density at radius 2 is 1.83 bits per heavy atom. The summed E-state index contributed by atoms with van der Waals surface area (Å²) in [4.78, 5) is 0. The van der Waals surface area contributed by atoms with Crippen LogP contribution in [-0.2, 0) is 0 Å². The fraction of sp³-hybridized carbons (Fsp3) is 0.111. The number of alkyl halides is 1. The topological polar surface area (TPSA) is 0 Å². The van der Waals surface area contributed by atoms with E-state index < -0.39 is 0 Å². The quantitative estimate of drug-likeness (QED) is 0.696. The maximum absolute atomic E-state index is 5.91. The summed E-state index contributed by atoms with van der Waals surface area (Å²) in [6, 6.07) is 5.47. The zero-order chi connectivity index (χ0) is 8.97. The molecular weight excluding hydrogens is 259 g/mol. The molecule has 0 fully saturated rings. The van der Waals surface area contributed by atoms with Gasteiger partial charge in [-0.25, -0.2) is 0 Å². The van der Waals surface area contributed by atoms with E-state index >= 15 is 0 Å². The van der Waals surface area contributed by atoms with Gasteiger partial charge in [0, 0.05) is 20.9 Å². The van der Waals surface area contributed by atoms with Crippen molar-refractivity contribution >= 4 is 45.2 Å². The zero-order valence-electron chi connectivity index (χ0n) is 6.23. The Labute approximate surface area is 90.3 Å². The van der Waals surface area contributed by atoms with Crippen LogP contribution in [-0.4, -0.2) is 5.33 Å². The summed E-state index contributed by atoms with van der Waals surface area (Å²) >= 11 is 15.1. The zero-order valence-corrected chi connectivity index (χ0v) is 9.33. The third-order valence-electron chi connectivity index (χ3n) is 1.37. The normalized spacial score (nSPS) is 10.9. The van der Waals surface area contributed by atoms with Crippen molar-refractivity contribution in [1.29, 1.82) is 0 Å². The summed E-state index contributed by atoms with van der Waals surface area (Å²) in [5.74, 6) is 0. The molecule has 0 unspecified atom stereocenters. The Balaban J connectivity index is 3.04. The van der Waals surface area contributed by atoms with Crippen molar-refractivity contribution in [1.82, 2.24) is 0 Å². The Hall–Kier alpha value is 0.0200. The second-order valence-electron chi connectivity index (χ2n) is 2.19. The first-order valence-electron chi connectivity index (χ1n) is 3.42. The molecule has 1 aromatic carbocycles. The Bertz CT molecular complexity index is 274. The fourth-order valence-corrected chi connectivity index (χ4v) is 1.54. The van der Waals surface area contributed by atoms with Crippen LogP contribution in [0.4, 0.5) is 0 Å². The molecule has 0 radical (unpaired) electrons. The smallest absolute Gasteiger partial charge is 0.0493 e. The predicted octanol–water partition coefficient (Wildman–Crippen LogP) is 4.40. The van der Waals surface area contributed by atoms with E-state index in [0.29, 0.717) is 10.0 Å². The first-order valence-corrected chi connectivity index (χ1v) is 5.30. The molecule has 0 saturated carbocycles. The monoisotopic (exact) mass is 264 g/mol. The molecule has 0 amide bonds. The van der Waals surface area contributed by atoms with Crippen molar-refractivity contribution in [2.45, 2.75) is 0 Å². The molecule has 64 valence electrons. The van der Waals surface area contributed by atoms with E-state index in [-0.39, 0.29) is 0 Å². The highest BCUT2D eigenvalue weighted by molar-refractivity contribution is 9.09. The predicted molar refractivity (Wildman–Crippen MR) is 59.3 cm³/mol. The molecule has 0 N–H and O–H groups in total. The molecule has 0 aliphatic carbocycles. The molecule has 0 aliphatic heterocycles. The molecule has 0 saturated heterocycles. The van der Waals surface area contributed by atoms with E-state index in [1.54, 1.807) is 0 Å². The summed E-state index contributed by atoms with van der Waals surface area (Å²) in [6.45, 7) is 0. The molecule has 0 bridgehead atoms. The lowest BCUT2D eigenvalue weighted by molar-refractivity contribution is 1.64. The van der Waals surface area contributed by atoms with Crippen LogP contribution in [0.25, 0.3) is 6.08 Å². The second-order valence-corrected chi connectivity index (χ2v) is 3.65. The maximum Gasteiger partial charge on any atom is 0.0493 e. The molecule has 0 aliphatic rings. The first kappa shape index (κ1) is 10.1. The van der Waals surface area contributed by atoms with Gasteiger partial charge in [0.2, 0.25) is 0 Å². The van der Waals surface area contributed by atoms with E-state index in [2.05, 4.69) is 15.9 Å². The van der Waals surface area contributed by atoms with Gasteiger partial charge in [-0.05, 0) is 12.1 Å². The van der Waals surface area contributed by atoms with E-state index in [1.807, 2.05) is 30.4 Å². The van der Waals surface area contributed by atoms with Crippen LogP contribution in [0.5, 0.6) is 0 Å². The number of hydrogen-bond acceptors (Lipinski definition) is 0. The van der Waals surface area contributed by atoms with Gasteiger partial charge in [-0.3, -0.25) is 0 Å². The summed E-state index contributed by atoms with van der Waals surface area (Å²) in [7, 11) is 0. The van der Waals surface area contributed by atoms with Crippen LogP contribution in [0.2, 0.25) is 10.0 Å². The van der Waals surface area contributed by atoms with Gasteiger partial charge < -0.3 is 0 Å². The van der Waals surface area contributed by atoms with Gasteiger partial charge in [0.05, 0.1) is 0 Å². The molecule has 0 heterocycles. The van der Waals surface area contributed by atoms with Gasteiger partial charge in [0.15, 0.2) is 0 Å². The van der Waals surface area contributed by atoms with Gasteiger partial charge in [-0.2, -0.15) is 0 Å². The summed E-state index contributed by atoms with van der Waals surface area (Å²) < 4.78 is 0. The van der Waals surface area contributed by atoms with Gasteiger partial charge in [-0.15, -0.1) is 0 Å². The van der Waals surface area contributed by atoms with Crippen molar-refractivity contribution < 1.29 is 0 Å². The number of allylic oxidation sites excluding steroid dienone is 1. The van der Waals surface area contributed by atoms with Crippen LogP contribution < -0.4 is 0 Å². The van der Waals surface area contributed by atoms with Crippen molar-refractivity contribution in [3.05, 3.63) is 39.9 Å². The Kier molecular flexibility index (Phi) is 4.13. The van der Waals surface area contributed by atoms with Gasteiger partial charge in [-0.1, -0.05) is 57.4 Å². The molecular formula is C9H7BrCl2. The summed E-state index contributed by atoms with van der Waals surface area (Å²) in [5.41, 5.74) is 0.875. The average Bonchev–Trinajstić information content (AvgIpc) is 2.04. The van der Waals surface area contributed by atoms with Crippen molar-refractivity contribution in [2.24, 2.45) is 0 Å². The van der Waals surface area contributed by atoms with Gasteiger partial charge in [0.1, 0.15) is 0 Å². The third kappa shape index (κ3) is 2.51. The van der Waals surface area contributed by atoms with Gasteiger partial charge >= 0.3 is 0 Å². The van der Waals surface area contributed by atoms with Crippen LogP contribution in [0.1, 0.15) is 5.56 Å². The fourth-order valence-electron chi connectivity index (χ4n) is 0.832. The lowest BCUT2D eigenvalue weighted by Gasteiger charge is -1.99. The lowest BCUT2D eigenvalue weighted by atomic mass is 10.2. The first-order chi connectivity index (χ1) is 5.75. The number of halogens is 3. The van der Waals surface area contributed by atoms with Crippen LogP contribution in [0, 0.1) is 0 Å². The molecule has 1 rings (SSSR count). The molecule has 0 aromatic heterocycles. The highest BCUT2D eigenvalue weighted by atomic mass is 79.9. The molecule has 1 aromatic rings. The summed E-state index contributed by atoms with van der Waals surface area (Å²) in [5, 5.41) is 2.16. The standard InChI is InChI=1S/C9H7BrCl2/c10-6-2-3-7-8(11)4-1-5-9(7)12/h1-5H,6H2. The van der Waals surface area contributed by atoms with Crippen molar-refractivity contribution in [2.75, 3.05) is 5.33 Å². The molecule has 0 nitrogen and oxygen atoms in total. The highest BCUT2D eigenvalue weighted by Crippen LogP contribution is 2.25. The number of benzene rings is 1. The van der Waals surface area contributed by atoms with Crippen LogP contribution >= 0.6 is 39.1 Å². The Morgan fingerprint density at radius 3 is 2.33 bits per heavy atom. The lowest BCUT2D eigenvalue weighted by Crippen LogP contribution is -1.76. The van der Waals surface area contributed by atoms with Crippen molar-refractivity contribution in [3.8, 4) is 0 Å². The molecule has 12 heavy (non-hydrogen) atoms. The highest BCUT2D eigenvalue weighted by Gasteiger charge is 1.99. The average molecular weight is 266 g/mol. The SMILES string of the molecule is Clc1cccc(Cl)c1C=CCBr. The summed E-state index contributed by atoms with van der Waals surface area (Å²) in [6.07, 6.45) is 3.85. The minimum Gasteiger partial charge on any atom is -0.0883 e. The Morgan fingerprint density at radius 1 is 1.25 bits per heavy atom. The van der Waals surface area contributed by atoms with E-state index in [0.717, 1.165) is 10.9 Å². The van der Waals surface area contributed by atoms with Crippen molar-refractivity contribution in [3.63, 3.8) is 0 Å². The molecule has 3 heteroatoms. The largest absolute Gasteiger partial charge is 0.0883 e. The van der Waals surface area contributed by atoms with E-state index in [1.165, 1.54) is 0 Å². The minimum absolute atomic E-state index is 0.680. The third-order valence-corrected chi connectivity index (χ3v) is 2.41. The second kappa shape index (κ2) is 4.90. The van der Waals surface area contributed by atoms with Gasteiger partial charge in [0.25, 0.3) is 0 Å².